The number of halogens is 2. The van der Waals surface area contributed by atoms with Crippen LogP contribution in [0.3, 0.4) is 0 Å². The molecule has 0 aliphatic heterocycles. The average Bonchev–Trinajstić information content (AvgIpc) is 2.63. The number of carbonyl (C=O) groups is 1. The highest BCUT2D eigenvalue weighted by atomic mass is 35.5. The third-order valence-electron chi connectivity index (χ3n) is 3.68. The van der Waals surface area contributed by atoms with E-state index in [4.69, 9.17) is 27.9 Å². The third kappa shape index (κ3) is 5.87. The molecule has 0 unspecified atom stereocenters. The number of ether oxygens (including phenoxy) is 1. The molecule has 2 N–H and O–H groups in total. The maximum Gasteiger partial charge on any atom is 0.257 e. The van der Waals surface area contributed by atoms with E-state index in [9.17, 15) is 13.2 Å². The van der Waals surface area contributed by atoms with Gasteiger partial charge in [-0.25, -0.2) is 8.42 Å². The van der Waals surface area contributed by atoms with Gasteiger partial charge in [0.15, 0.2) is 5.75 Å². The first-order valence-electron chi connectivity index (χ1n) is 8.32. The van der Waals surface area contributed by atoms with E-state index >= 15 is 0 Å². The molecular weight excluding hydrogens is 435 g/mol. The van der Waals surface area contributed by atoms with Crippen LogP contribution in [0, 0.1) is 0 Å². The Balaban J connectivity index is 1.84. The molecule has 9 heteroatoms. The van der Waals surface area contributed by atoms with Crippen molar-refractivity contribution < 1.29 is 17.9 Å². The Hall–Kier alpha value is -2.74. The van der Waals surface area contributed by atoms with Gasteiger partial charge < -0.3 is 10.1 Å². The van der Waals surface area contributed by atoms with Crippen LogP contribution in [0.5, 0.6) is 11.5 Å². The molecule has 0 bridgehead atoms. The van der Waals surface area contributed by atoms with Gasteiger partial charge in [-0.1, -0.05) is 41.4 Å². The van der Waals surface area contributed by atoms with Gasteiger partial charge in [0.25, 0.3) is 5.91 Å². The standard InChI is InChI=1S/C20H16Cl2N2O4S/c1-29(26,27)24-14-8-9-16(17(22)12-14)20(25)23-18-11-13(21)7-10-19(18)28-15-5-3-2-4-6-15/h2-12,24H,1H3,(H,23,25). The molecule has 1 amide bonds. The van der Waals surface area contributed by atoms with Crippen molar-refractivity contribution in [2.75, 3.05) is 16.3 Å². The van der Waals surface area contributed by atoms with Gasteiger partial charge in [0, 0.05) is 10.7 Å². The molecule has 3 aromatic rings. The summed E-state index contributed by atoms with van der Waals surface area (Å²) < 4.78 is 30.8. The van der Waals surface area contributed by atoms with Crippen LogP contribution >= 0.6 is 23.2 Å². The summed E-state index contributed by atoms with van der Waals surface area (Å²) >= 11 is 12.2. The molecule has 0 aliphatic rings. The highest BCUT2D eigenvalue weighted by Gasteiger charge is 2.15. The van der Waals surface area contributed by atoms with Crippen molar-refractivity contribution in [3.8, 4) is 11.5 Å². The lowest BCUT2D eigenvalue weighted by molar-refractivity contribution is 0.102. The van der Waals surface area contributed by atoms with Crippen molar-refractivity contribution in [3.63, 3.8) is 0 Å². The quantitative estimate of drug-likeness (QED) is 0.525. The van der Waals surface area contributed by atoms with Gasteiger partial charge in [0.1, 0.15) is 5.75 Å². The number of amides is 1. The average molecular weight is 451 g/mol. The molecule has 0 aromatic heterocycles. The number of anilines is 2. The summed E-state index contributed by atoms with van der Waals surface area (Å²) in [6.07, 6.45) is 1.02. The topological polar surface area (TPSA) is 84.5 Å². The van der Waals surface area contributed by atoms with Crippen molar-refractivity contribution >= 4 is 50.5 Å². The molecule has 0 spiro atoms. The maximum atomic E-state index is 12.7. The molecule has 3 aromatic carbocycles. The van der Waals surface area contributed by atoms with Gasteiger partial charge in [-0.05, 0) is 48.5 Å². The Morgan fingerprint density at radius 2 is 1.69 bits per heavy atom. The lowest BCUT2D eigenvalue weighted by Crippen LogP contribution is -2.14. The molecule has 0 atom stereocenters. The highest BCUT2D eigenvalue weighted by molar-refractivity contribution is 7.92. The van der Waals surface area contributed by atoms with Gasteiger partial charge in [-0.15, -0.1) is 0 Å². The van der Waals surface area contributed by atoms with Gasteiger partial charge >= 0.3 is 0 Å². The SMILES string of the molecule is CS(=O)(=O)Nc1ccc(C(=O)Nc2cc(Cl)ccc2Oc2ccccc2)c(Cl)c1. The fourth-order valence-corrected chi connectivity index (χ4v) is 3.46. The second kappa shape index (κ2) is 8.73. The Morgan fingerprint density at radius 3 is 2.34 bits per heavy atom. The molecule has 29 heavy (non-hydrogen) atoms. The van der Waals surface area contributed by atoms with Crippen molar-refractivity contribution in [1.29, 1.82) is 0 Å². The number of hydrogen-bond acceptors (Lipinski definition) is 4. The van der Waals surface area contributed by atoms with E-state index in [0.717, 1.165) is 6.26 Å². The minimum absolute atomic E-state index is 0.0868. The van der Waals surface area contributed by atoms with Crippen LogP contribution in [-0.4, -0.2) is 20.6 Å². The van der Waals surface area contributed by atoms with E-state index in [2.05, 4.69) is 10.0 Å². The predicted molar refractivity (Wildman–Crippen MR) is 116 cm³/mol. The van der Waals surface area contributed by atoms with Crippen LogP contribution in [0.25, 0.3) is 0 Å². The van der Waals surface area contributed by atoms with E-state index in [1.807, 2.05) is 18.2 Å². The van der Waals surface area contributed by atoms with Gasteiger partial charge in [0.2, 0.25) is 10.0 Å². The van der Waals surface area contributed by atoms with E-state index in [1.165, 1.54) is 18.2 Å². The number of rotatable bonds is 6. The monoisotopic (exact) mass is 450 g/mol. The molecule has 0 heterocycles. The number of benzene rings is 3. The smallest absolute Gasteiger partial charge is 0.257 e. The van der Waals surface area contributed by atoms with Crippen LogP contribution < -0.4 is 14.8 Å². The third-order valence-corrected chi connectivity index (χ3v) is 4.83. The maximum absolute atomic E-state index is 12.7. The Bertz CT molecular complexity index is 1150. The van der Waals surface area contributed by atoms with Crippen LogP contribution in [0.15, 0.2) is 66.7 Å². The summed E-state index contributed by atoms with van der Waals surface area (Å²) in [6.45, 7) is 0. The van der Waals surface area contributed by atoms with Crippen molar-refractivity contribution in [2.45, 2.75) is 0 Å². The van der Waals surface area contributed by atoms with Crippen molar-refractivity contribution in [3.05, 3.63) is 82.3 Å². The molecular formula is C20H16Cl2N2O4S. The van der Waals surface area contributed by atoms with E-state index in [0.29, 0.717) is 22.2 Å². The molecule has 0 fully saturated rings. The van der Waals surface area contributed by atoms with Crippen LogP contribution in [0.4, 0.5) is 11.4 Å². The summed E-state index contributed by atoms with van der Waals surface area (Å²) in [7, 11) is -3.46. The Kier molecular flexibility index (Phi) is 6.32. The Morgan fingerprint density at radius 1 is 0.966 bits per heavy atom. The molecule has 6 nitrogen and oxygen atoms in total. The largest absolute Gasteiger partial charge is 0.455 e. The van der Waals surface area contributed by atoms with Crippen LogP contribution in [-0.2, 0) is 10.0 Å². The number of para-hydroxylation sites is 1. The van der Waals surface area contributed by atoms with Crippen LogP contribution in [0.2, 0.25) is 10.0 Å². The normalized spacial score (nSPS) is 11.0. The molecule has 0 saturated heterocycles. The first kappa shape index (κ1) is 21.0. The summed E-state index contributed by atoms with van der Waals surface area (Å²) in [4.78, 5) is 12.7. The summed E-state index contributed by atoms with van der Waals surface area (Å²) in [6, 6.07) is 18.2. The molecule has 0 saturated carbocycles. The lowest BCUT2D eigenvalue weighted by atomic mass is 10.2. The first-order valence-corrected chi connectivity index (χ1v) is 11.0. The number of carbonyl (C=O) groups excluding carboxylic acids is 1. The molecule has 3 rings (SSSR count). The summed E-state index contributed by atoms with van der Waals surface area (Å²) in [5.41, 5.74) is 0.780. The number of sulfonamides is 1. The van der Waals surface area contributed by atoms with E-state index in [-0.39, 0.29) is 16.3 Å². The molecule has 0 aliphatic carbocycles. The molecule has 150 valence electrons. The minimum Gasteiger partial charge on any atom is -0.455 e. The second-order valence-electron chi connectivity index (χ2n) is 6.08. The van der Waals surface area contributed by atoms with Crippen LogP contribution in [0.1, 0.15) is 10.4 Å². The minimum atomic E-state index is -3.46. The van der Waals surface area contributed by atoms with E-state index in [1.54, 1.807) is 30.3 Å². The zero-order valence-electron chi connectivity index (χ0n) is 15.1. The Labute approximate surface area is 178 Å². The lowest BCUT2D eigenvalue weighted by Gasteiger charge is -2.14. The van der Waals surface area contributed by atoms with Gasteiger partial charge in [-0.3, -0.25) is 9.52 Å². The second-order valence-corrected chi connectivity index (χ2v) is 8.67. The first-order chi connectivity index (χ1) is 13.7. The van der Waals surface area contributed by atoms with E-state index < -0.39 is 15.9 Å². The predicted octanol–water partition coefficient (Wildman–Crippen LogP) is 5.41. The van der Waals surface area contributed by atoms with Gasteiger partial charge in [-0.2, -0.15) is 0 Å². The summed E-state index contributed by atoms with van der Waals surface area (Å²) in [5, 5.41) is 3.23. The zero-order chi connectivity index (χ0) is 21.0. The fourth-order valence-electron chi connectivity index (χ4n) is 2.47. The number of nitrogens with one attached hydrogen (secondary N) is 2. The van der Waals surface area contributed by atoms with Gasteiger partial charge in [0.05, 0.1) is 22.5 Å². The molecule has 0 radical (unpaired) electrons. The number of hydrogen-bond donors (Lipinski definition) is 2. The fraction of sp³-hybridized carbons (Fsp3) is 0.0500. The van der Waals surface area contributed by atoms with Crippen molar-refractivity contribution in [1.82, 2.24) is 0 Å². The highest BCUT2D eigenvalue weighted by Crippen LogP contribution is 2.33. The zero-order valence-corrected chi connectivity index (χ0v) is 17.5. The summed E-state index contributed by atoms with van der Waals surface area (Å²) in [5.74, 6) is 0.501. The van der Waals surface area contributed by atoms with Crippen molar-refractivity contribution in [2.24, 2.45) is 0 Å².